The van der Waals surface area contributed by atoms with Gasteiger partial charge in [0.2, 0.25) is 0 Å². The van der Waals surface area contributed by atoms with E-state index in [0.717, 1.165) is 23.0 Å². The molecule has 0 aliphatic rings. The van der Waals surface area contributed by atoms with E-state index in [1.807, 2.05) is 42.9 Å². The van der Waals surface area contributed by atoms with Crippen LogP contribution in [0.4, 0.5) is 0 Å². The van der Waals surface area contributed by atoms with Gasteiger partial charge in [0.05, 0.1) is 6.54 Å². The zero-order valence-corrected chi connectivity index (χ0v) is 13.2. The number of thiophene rings is 1. The molecule has 0 fully saturated rings. The van der Waals surface area contributed by atoms with Crippen LogP contribution in [-0.2, 0) is 6.54 Å². The van der Waals surface area contributed by atoms with Gasteiger partial charge in [-0.25, -0.2) is 4.98 Å². The van der Waals surface area contributed by atoms with Crippen LogP contribution < -0.4 is 0 Å². The lowest BCUT2D eigenvalue weighted by Crippen LogP contribution is -2.00. The Morgan fingerprint density at radius 2 is 2.14 bits per heavy atom. The average Bonchev–Trinajstić information content (AvgIpc) is 3.16. The highest BCUT2D eigenvalue weighted by Crippen LogP contribution is 2.30. The molecule has 0 atom stereocenters. The molecule has 0 spiro atoms. The molecule has 3 heterocycles. The SMILES string of the molecule is Clc1ccc2scc(Cn3ccnc3-c3cccnc3)c2c1. The van der Waals surface area contributed by atoms with Gasteiger partial charge in [0.15, 0.2) is 0 Å². The van der Waals surface area contributed by atoms with Gasteiger partial charge >= 0.3 is 0 Å². The van der Waals surface area contributed by atoms with Crippen molar-refractivity contribution in [2.75, 3.05) is 0 Å². The second-order valence-corrected chi connectivity index (χ2v) is 6.37. The monoisotopic (exact) mass is 325 g/mol. The molecule has 0 amide bonds. The molecule has 3 nitrogen and oxygen atoms in total. The number of nitrogens with zero attached hydrogens (tertiary/aromatic N) is 3. The van der Waals surface area contributed by atoms with E-state index >= 15 is 0 Å². The summed E-state index contributed by atoms with van der Waals surface area (Å²) in [5.41, 5.74) is 2.27. The van der Waals surface area contributed by atoms with Crippen LogP contribution in [0.2, 0.25) is 5.02 Å². The summed E-state index contributed by atoms with van der Waals surface area (Å²) >= 11 is 7.88. The van der Waals surface area contributed by atoms with Crippen molar-refractivity contribution in [1.29, 1.82) is 0 Å². The summed E-state index contributed by atoms with van der Waals surface area (Å²) < 4.78 is 3.39. The first kappa shape index (κ1) is 13.5. The molecular formula is C17H12ClN3S. The molecule has 0 N–H and O–H groups in total. The molecule has 4 aromatic rings. The number of pyridine rings is 1. The minimum Gasteiger partial charge on any atom is -0.326 e. The Morgan fingerprint density at radius 3 is 3.00 bits per heavy atom. The van der Waals surface area contributed by atoms with Gasteiger partial charge in [-0.3, -0.25) is 4.98 Å². The van der Waals surface area contributed by atoms with Gasteiger partial charge in [-0.1, -0.05) is 11.6 Å². The van der Waals surface area contributed by atoms with Crippen LogP contribution in [-0.4, -0.2) is 14.5 Å². The fraction of sp³-hybridized carbons (Fsp3) is 0.0588. The zero-order valence-electron chi connectivity index (χ0n) is 11.6. The first-order chi connectivity index (χ1) is 10.8. The topological polar surface area (TPSA) is 30.7 Å². The van der Waals surface area contributed by atoms with Crippen LogP contribution >= 0.6 is 22.9 Å². The zero-order chi connectivity index (χ0) is 14.9. The van der Waals surface area contributed by atoms with Crippen molar-refractivity contribution >= 4 is 33.0 Å². The molecule has 108 valence electrons. The van der Waals surface area contributed by atoms with E-state index in [9.17, 15) is 0 Å². The molecule has 0 aliphatic heterocycles. The third-order valence-corrected chi connectivity index (χ3v) is 4.84. The van der Waals surface area contributed by atoms with Crippen LogP contribution in [0.5, 0.6) is 0 Å². The van der Waals surface area contributed by atoms with Gasteiger partial charge in [0, 0.05) is 40.1 Å². The normalized spacial score (nSPS) is 11.1. The van der Waals surface area contributed by atoms with Gasteiger partial charge in [-0.15, -0.1) is 11.3 Å². The fourth-order valence-electron chi connectivity index (χ4n) is 2.55. The van der Waals surface area contributed by atoms with Gasteiger partial charge in [0.25, 0.3) is 0 Å². The fourth-order valence-corrected chi connectivity index (χ4v) is 3.66. The Bertz CT molecular complexity index is 927. The molecule has 5 heteroatoms. The lowest BCUT2D eigenvalue weighted by atomic mass is 10.1. The van der Waals surface area contributed by atoms with Crippen molar-refractivity contribution in [2.45, 2.75) is 6.54 Å². The van der Waals surface area contributed by atoms with E-state index in [4.69, 9.17) is 11.6 Å². The number of aromatic nitrogens is 3. The Morgan fingerprint density at radius 1 is 1.18 bits per heavy atom. The largest absolute Gasteiger partial charge is 0.326 e. The van der Waals surface area contributed by atoms with Crippen molar-refractivity contribution in [3.05, 3.63) is 71.1 Å². The molecule has 22 heavy (non-hydrogen) atoms. The van der Waals surface area contributed by atoms with Crippen molar-refractivity contribution in [3.8, 4) is 11.4 Å². The van der Waals surface area contributed by atoms with Crippen LogP contribution in [0.1, 0.15) is 5.56 Å². The van der Waals surface area contributed by atoms with Gasteiger partial charge in [0.1, 0.15) is 5.82 Å². The predicted molar refractivity (Wildman–Crippen MR) is 91.4 cm³/mol. The van der Waals surface area contributed by atoms with Crippen molar-refractivity contribution < 1.29 is 0 Å². The van der Waals surface area contributed by atoms with Crippen LogP contribution in [0, 0.1) is 0 Å². The van der Waals surface area contributed by atoms with Crippen LogP contribution in [0.3, 0.4) is 0 Å². The summed E-state index contributed by atoms with van der Waals surface area (Å²) in [5, 5.41) is 4.17. The maximum absolute atomic E-state index is 6.13. The minimum absolute atomic E-state index is 0.768. The summed E-state index contributed by atoms with van der Waals surface area (Å²) in [6, 6.07) is 9.98. The third-order valence-electron chi connectivity index (χ3n) is 3.59. The van der Waals surface area contributed by atoms with Gasteiger partial charge in [-0.05, 0) is 46.7 Å². The quantitative estimate of drug-likeness (QED) is 0.538. The lowest BCUT2D eigenvalue weighted by molar-refractivity contribution is 0.814. The molecule has 4 rings (SSSR count). The summed E-state index contributed by atoms with van der Waals surface area (Å²) in [7, 11) is 0. The lowest BCUT2D eigenvalue weighted by Gasteiger charge is -2.07. The standard InChI is InChI=1S/C17H12ClN3S/c18-14-3-4-16-15(8-14)13(11-22-16)10-21-7-6-20-17(21)12-2-1-5-19-9-12/h1-9,11H,10H2. The van der Waals surface area contributed by atoms with Crippen molar-refractivity contribution in [3.63, 3.8) is 0 Å². The van der Waals surface area contributed by atoms with Crippen molar-refractivity contribution in [1.82, 2.24) is 14.5 Å². The number of hydrogen-bond acceptors (Lipinski definition) is 3. The molecule has 0 radical (unpaired) electrons. The Labute approximate surface area is 136 Å². The van der Waals surface area contributed by atoms with E-state index in [-0.39, 0.29) is 0 Å². The van der Waals surface area contributed by atoms with Crippen molar-refractivity contribution in [2.24, 2.45) is 0 Å². The highest BCUT2D eigenvalue weighted by atomic mass is 35.5. The smallest absolute Gasteiger partial charge is 0.141 e. The molecule has 0 unspecified atom stereocenters. The van der Waals surface area contributed by atoms with E-state index in [2.05, 4.69) is 26.0 Å². The number of benzene rings is 1. The van der Waals surface area contributed by atoms with Crippen LogP contribution in [0.15, 0.2) is 60.5 Å². The summed E-state index contributed by atoms with van der Waals surface area (Å²) in [5.74, 6) is 0.925. The number of fused-ring (bicyclic) bond motifs is 1. The molecule has 0 saturated carbocycles. The predicted octanol–water partition coefficient (Wildman–Crippen LogP) is 4.86. The van der Waals surface area contributed by atoms with Gasteiger partial charge in [-0.2, -0.15) is 0 Å². The maximum Gasteiger partial charge on any atom is 0.141 e. The Balaban J connectivity index is 1.75. The molecular weight excluding hydrogens is 314 g/mol. The highest BCUT2D eigenvalue weighted by molar-refractivity contribution is 7.17. The van der Waals surface area contributed by atoms with E-state index in [0.29, 0.717) is 0 Å². The summed E-state index contributed by atoms with van der Waals surface area (Å²) in [6.45, 7) is 0.768. The molecule has 0 bridgehead atoms. The Hall–Kier alpha value is -2.17. The van der Waals surface area contributed by atoms with E-state index < -0.39 is 0 Å². The third kappa shape index (κ3) is 2.40. The first-order valence-electron chi connectivity index (χ1n) is 6.88. The highest BCUT2D eigenvalue weighted by Gasteiger charge is 2.10. The number of rotatable bonds is 3. The number of halogens is 1. The summed E-state index contributed by atoms with van der Waals surface area (Å²) in [4.78, 5) is 8.64. The Kier molecular flexibility index (Phi) is 3.41. The second kappa shape index (κ2) is 5.55. The molecule has 3 aromatic heterocycles. The number of hydrogen-bond donors (Lipinski definition) is 0. The van der Waals surface area contributed by atoms with E-state index in [1.54, 1.807) is 17.5 Å². The second-order valence-electron chi connectivity index (χ2n) is 5.02. The number of imidazole rings is 1. The summed E-state index contributed by atoms with van der Waals surface area (Å²) in [6.07, 6.45) is 7.42. The maximum atomic E-state index is 6.13. The van der Waals surface area contributed by atoms with Crippen LogP contribution in [0.25, 0.3) is 21.5 Å². The molecule has 0 saturated heterocycles. The molecule has 1 aromatic carbocycles. The molecule has 0 aliphatic carbocycles. The van der Waals surface area contributed by atoms with Gasteiger partial charge < -0.3 is 4.57 Å². The minimum atomic E-state index is 0.768. The van der Waals surface area contributed by atoms with E-state index in [1.165, 1.54) is 15.6 Å². The average molecular weight is 326 g/mol. The first-order valence-corrected chi connectivity index (χ1v) is 8.14.